The van der Waals surface area contributed by atoms with Crippen LogP contribution in [0.5, 0.6) is 5.75 Å². The molecule has 2 rings (SSSR count). The molecular formula is C33H50N4O5. The number of nitrogens with zero attached hydrogens (tertiary/aromatic N) is 1. The highest BCUT2D eigenvalue weighted by Crippen LogP contribution is 2.14. The van der Waals surface area contributed by atoms with Crippen molar-refractivity contribution in [3.05, 3.63) is 65.7 Å². The third-order valence-electron chi connectivity index (χ3n) is 6.83. The number of aliphatic hydroxyl groups excluding tert-OH is 1. The molecule has 3 atom stereocenters. The monoisotopic (exact) mass is 582 g/mol. The number of hydrogen-bond donors (Lipinski definition) is 4. The van der Waals surface area contributed by atoms with Crippen molar-refractivity contribution in [3.8, 4) is 5.75 Å². The Morgan fingerprint density at radius 2 is 1.60 bits per heavy atom. The van der Waals surface area contributed by atoms with E-state index in [1.807, 2.05) is 75.4 Å². The molecule has 4 N–H and O–H groups in total. The molecule has 0 aliphatic carbocycles. The lowest BCUT2D eigenvalue weighted by Gasteiger charge is -2.33. The molecule has 0 aliphatic heterocycles. The molecule has 42 heavy (non-hydrogen) atoms. The highest BCUT2D eigenvalue weighted by atomic mass is 16.5. The zero-order valence-electron chi connectivity index (χ0n) is 26.3. The van der Waals surface area contributed by atoms with Crippen LogP contribution in [-0.4, -0.2) is 65.7 Å². The molecule has 0 saturated heterocycles. The number of methoxy groups -OCH3 is 1. The summed E-state index contributed by atoms with van der Waals surface area (Å²) >= 11 is 0. The van der Waals surface area contributed by atoms with Crippen LogP contribution in [0.25, 0.3) is 0 Å². The summed E-state index contributed by atoms with van der Waals surface area (Å²) in [4.78, 5) is 40.6. The second kappa shape index (κ2) is 16.8. The lowest BCUT2D eigenvalue weighted by Crippen LogP contribution is -2.55. The van der Waals surface area contributed by atoms with Gasteiger partial charge in [-0.1, -0.05) is 63.2 Å². The van der Waals surface area contributed by atoms with Crippen LogP contribution in [0.4, 0.5) is 4.79 Å². The minimum absolute atomic E-state index is 0.0337. The van der Waals surface area contributed by atoms with Crippen LogP contribution >= 0.6 is 0 Å². The normalized spacial score (nSPS) is 13.5. The summed E-state index contributed by atoms with van der Waals surface area (Å²) in [6, 6.07) is 16.1. The van der Waals surface area contributed by atoms with E-state index >= 15 is 0 Å². The second-order valence-electron chi connectivity index (χ2n) is 12.4. The fourth-order valence-corrected chi connectivity index (χ4v) is 4.34. The molecule has 0 spiro atoms. The van der Waals surface area contributed by atoms with Gasteiger partial charge in [0.05, 0.1) is 25.8 Å². The summed E-state index contributed by atoms with van der Waals surface area (Å²) in [6.07, 6.45) is 0.105. The maximum atomic E-state index is 13.1. The van der Waals surface area contributed by atoms with Gasteiger partial charge in [-0.3, -0.25) is 9.59 Å². The van der Waals surface area contributed by atoms with Gasteiger partial charge in [0.25, 0.3) is 0 Å². The molecule has 4 amide bonds. The molecule has 0 fully saturated rings. The van der Waals surface area contributed by atoms with Gasteiger partial charge in [-0.2, -0.15) is 0 Å². The van der Waals surface area contributed by atoms with Crippen LogP contribution in [-0.2, 0) is 22.6 Å². The zero-order chi connectivity index (χ0) is 31.3. The predicted octanol–water partition coefficient (Wildman–Crippen LogP) is 4.28. The van der Waals surface area contributed by atoms with E-state index in [0.717, 1.165) is 23.3 Å². The fourth-order valence-electron chi connectivity index (χ4n) is 4.34. The molecule has 232 valence electrons. The lowest BCUT2D eigenvalue weighted by molar-refractivity contribution is -0.130. The number of nitrogens with one attached hydrogen (secondary N) is 3. The molecule has 9 nitrogen and oxygen atoms in total. The smallest absolute Gasteiger partial charge is 0.317 e. The van der Waals surface area contributed by atoms with E-state index < -0.39 is 23.6 Å². The Kier molecular flexibility index (Phi) is 13.8. The van der Waals surface area contributed by atoms with Crippen molar-refractivity contribution in [2.45, 2.75) is 85.0 Å². The van der Waals surface area contributed by atoms with E-state index in [4.69, 9.17) is 4.74 Å². The van der Waals surface area contributed by atoms with Gasteiger partial charge in [0, 0.05) is 31.0 Å². The van der Waals surface area contributed by atoms with Gasteiger partial charge >= 0.3 is 6.03 Å². The molecule has 0 saturated carbocycles. The fraction of sp³-hybridized carbons (Fsp3) is 0.545. The van der Waals surface area contributed by atoms with E-state index in [9.17, 15) is 19.5 Å². The van der Waals surface area contributed by atoms with Crippen LogP contribution in [0.3, 0.4) is 0 Å². The summed E-state index contributed by atoms with van der Waals surface area (Å²) in [6.45, 7) is 12.5. The van der Waals surface area contributed by atoms with Crippen LogP contribution in [0.2, 0.25) is 0 Å². The first-order valence-corrected chi connectivity index (χ1v) is 14.8. The number of carbonyl (C=O) groups is 3. The Bertz CT molecular complexity index is 1120. The zero-order valence-corrected chi connectivity index (χ0v) is 26.3. The summed E-state index contributed by atoms with van der Waals surface area (Å²) < 4.78 is 5.16. The first kappa shape index (κ1) is 34.6. The van der Waals surface area contributed by atoms with Crippen molar-refractivity contribution in [1.29, 1.82) is 0 Å². The number of ether oxygens (including phenoxy) is 1. The van der Waals surface area contributed by atoms with Gasteiger partial charge in [0.1, 0.15) is 5.75 Å². The summed E-state index contributed by atoms with van der Waals surface area (Å²) in [5.74, 6) is -0.0304. The van der Waals surface area contributed by atoms with E-state index in [-0.39, 0.29) is 30.8 Å². The average molecular weight is 583 g/mol. The van der Waals surface area contributed by atoms with Gasteiger partial charge in [-0.15, -0.1) is 0 Å². The largest absolute Gasteiger partial charge is 0.497 e. The molecule has 9 heteroatoms. The van der Waals surface area contributed by atoms with Gasteiger partial charge < -0.3 is 30.7 Å². The second-order valence-corrected chi connectivity index (χ2v) is 12.4. The standard InChI is InChI=1S/C33H50N4O5/c1-23(2)17-18-37(32(41)36-33(4,5)6)22-29(38)28(20-25-11-9-8-10-12-25)35-30(39)19-24(3)31(40)34-21-26-13-15-27(42-7)16-14-26/h8-16,23-24,28-29,38H,17-22H2,1-7H3,(H,34,40)(H,35,39)(H,36,41)/t24-,28-,29?/m0/s1. The van der Waals surface area contributed by atoms with Crippen molar-refractivity contribution < 1.29 is 24.2 Å². The summed E-state index contributed by atoms with van der Waals surface area (Å²) in [7, 11) is 1.60. The number of amides is 4. The number of benzene rings is 2. The Balaban J connectivity index is 2.07. The molecule has 0 bridgehead atoms. The van der Waals surface area contributed by atoms with Crippen molar-refractivity contribution in [1.82, 2.24) is 20.9 Å². The molecule has 2 aromatic rings. The minimum Gasteiger partial charge on any atom is -0.497 e. The number of carbonyl (C=O) groups excluding carboxylic acids is 3. The van der Waals surface area contributed by atoms with Crippen LogP contribution in [0.15, 0.2) is 54.6 Å². The van der Waals surface area contributed by atoms with Crippen LogP contribution in [0, 0.1) is 11.8 Å². The SMILES string of the molecule is COc1ccc(CNC(=O)[C@@H](C)CC(=O)N[C@@H](Cc2ccccc2)C(O)CN(CCC(C)C)C(=O)NC(C)(C)C)cc1. The molecule has 1 unspecified atom stereocenters. The summed E-state index contributed by atoms with van der Waals surface area (Å²) in [5, 5.41) is 20.2. The van der Waals surface area contributed by atoms with Gasteiger partial charge in [0.2, 0.25) is 11.8 Å². The molecule has 0 radical (unpaired) electrons. The highest BCUT2D eigenvalue weighted by molar-refractivity contribution is 5.85. The van der Waals surface area contributed by atoms with Gasteiger partial charge in [-0.05, 0) is 62.8 Å². The Morgan fingerprint density at radius 1 is 0.952 bits per heavy atom. The maximum Gasteiger partial charge on any atom is 0.317 e. The van der Waals surface area contributed by atoms with E-state index in [1.165, 1.54) is 0 Å². The molecule has 2 aromatic carbocycles. The number of aliphatic hydroxyl groups is 1. The van der Waals surface area contributed by atoms with Crippen molar-refractivity contribution in [2.75, 3.05) is 20.2 Å². The third-order valence-corrected chi connectivity index (χ3v) is 6.83. The Labute approximate surface area is 251 Å². The summed E-state index contributed by atoms with van der Waals surface area (Å²) in [5.41, 5.74) is 1.43. The van der Waals surface area contributed by atoms with Crippen LogP contribution in [0.1, 0.15) is 65.5 Å². The highest BCUT2D eigenvalue weighted by Gasteiger charge is 2.28. The molecular weight excluding hydrogens is 532 g/mol. The van der Waals surface area contributed by atoms with Crippen molar-refractivity contribution >= 4 is 17.8 Å². The van der Waals surface area contributed by atoms with Gasteiger partial charge in [0.15, 0.2) is 0 Å². The van der Waals surface area contributed by atoms with E-state index in [1.54, 1.807) is 18.9 Å². The number of hydrogen-bond acceptors (Lipinski definition) is 5. The number of urea groups is 1. The average Bonchev–Trinajstić information content (AvgIpc) is 2.93. The van der Waals surface area contributed by atoms with E-state index in [0.29, 0.717) is 25.4 Å². The van der Waals surface area contributed by atoms with Gasteiger partial charge in [-0.25, -0.2) is 4.79 Å². The minimum atomic E-state index is -1.02. The third kappa shape index (κ3) is 12.9. The van der Waals surface area contributed by atoms with E-state index in [2.05, 4.69) is 29.8 Å². The lowest BCUT2D eigenvalue weighted by atomic mass is 9.99. The number of rotatable bonds is 15. The first-order chi connectivity index (χ1) is 19.8. The quantitative estimate of drug-likeness (QED) is 0.250. The Morgan fingerprint density at radius 3 is 2.17 bits per heavy atom. The predicted molar refractivity (Wildman–Crippen MR) is 166 cm³/mol. The van der Waals surface area contributed by atoms with Crippen molar-refractivity contribution in [2.24, 2.45) is 11.8 Å². The molecule has 0 heterocycles. The molecule has 0 aliphatic rings. The van der Waals surface area contributed by atoms with Crippen LogP contribution < -0.4 is 20.7 Å². The van der Waals surface area contributed by atoms with Crippen molar-refractivity contribution in [3.63, 3.8) is 0 Å². The first-order valence-electron chi connectivity index (χ1n) is 14.8. The molecule has 0 aromatic heterocycles. The Hall–Kier alpha value is -3.59. The topological polar surface area (TPSA) is 120 Å². The maximum absolute atomic E-state index is 13.1.